The molecule has 2 atom stereocenters. The molecule has 7 heteroatoms. The molecular weight excluding hydrogens is 426 g/mol. The molecule has 0 unspecified atom stereocenters. The van der Waals surface area contributed by atoms with Crippen LogP contribution in [0.5, 0.6) is 5.75 Å². The van der Waals surface area contributed by atoms with Gasteiger partial charge < -0.3 is 14.5 Å². The number of amides is 2. The lowest BCUT2D eigenvalue weighted by Crippen LogP contribution is -2.51. The van der Waals surface area contributed by atoms with Gasteiger partial charge in [0, 0.05) is 25.7 Å². The van der Waals surface area contributed by atoms with Crippen LogP contribution in [0.1, 0.15) is 66.2 Å². The van der Waals surface area contributed by atoms with Gasteiger partial charge in [-0.15, -0.1) is 0 Å². The maximum Gasteiger partial charge on any atom is 0.257 e. The molecule has 1 saturated carbocycles. The highest BCUT2D eigenvalue weighted by molar-refractivity contribution is 5.97. The Hall–Kier alpha value is -2.96. The average molecular weight is 457 g/mol. The summed E-state index contributed by atoms with van der Waals surface area (Å²) in [6.07, 6.45) is 4.43. The summed E-state index contributed by atoms with van der Waals surface area (Å²) in [6, 6.07) is 10.1. The number of halogens is 2. The van der Waals surface area contributed by atoms with Gasteiger partial charge in [0.2, 0.25) is 0 Å². The first-order valence-electron chi connectivity index (χ1n) is 11.8. The van der Waals surface area contributed by atoms with Crippen LogP contribution >= 0.6 is 0 Å². The quantitative estimate of drug-likeness (QED) is 0.635. The van der Waals surface area contributed by atoms with Gasteiger partial charge in [-0.2, -0.15) is 0 Å². The molecule has 0 radical (unpaired) electrons. The zero-order valence-corrected chi connectivity index (χ0v) is 18.9. The smallest absolute Gasteiger partial charge is 0.257 e. The fraction of sp³-hybridized carbons (Fsp3) is 0.462. The van der Waals surface area contributed by atoms with Gasteiger partial charge in [-0.3, -0.25) is 9.59 Å². The van der Waals surface area contributed by atoms with E-state index in [1.54, 1.807) is 21.9 Å². The lowest BCUT2D eigenvalue weighted by atomic mass is 9.90. The summed E-state index contributed by atoms with van der Waals surface area (Å²) in [6.45, 7) is 3.50. The van der Waals surface area contributed by atoms with Gasteiger partial charge in [-0.05, 0) is 63.3 Å². The Kier molecular flexibility index (Phi) is 7.26. The predicted octanol–water partition coefficient (Wildman–Crippen LogP) is 5.05. The first-order valence-corrected chi connectivity index (χ1v) is 11.8. The second-order valence-corrected chi connectivity index (χ2v) is 8.72. The minimum atomic E-state index is -0.854. The van der Waals surface area contributed by atoms with Crippen molar-refractivity contribution >= 4 is 11.8 Å². The van der Waals surface area contributed by atoms with Gasteiger partial charge >= 0.3 is 0 Å². The van der Waals surface area contributed by atoms with Crippen molar-refractivity contribution in [3.05, 3.63) is 65.2 Å². The monoisotopic (exact) mass is 456 g/mol. The van der Waals surface area contributed by atoms with E-state index in [1.807, 2.05) is 19.1 Å². The summed E-state index contributed by atoms with van der Waals surface area (Å²) in [7, 11) is 0. The van der Waals surface area contributed by atoms with Crippen LogP contribution in [0.25, 0.3) is 0 Å². The summed E-state index contributed by atoms with van der Waals surface area (Å²) < 4.78 is 34.4. The number of benzene rings is 2. The molecule has 1 heterocycles. The molecule has 176 valence electrons. The van der Waals surface area contributed by atoms with E-state index < -0.39 is 17.5 Å². The number of carbonyl (C=O) groups excluding carboxylic acids is 2. The molecule has 1 aliphatic heterocycles. The molecule has 33 heavy (non-hydrogen) atoms. The third-order valence-electron chi connectivity index (χ3n) is 6.63. The third-order valence-corrected chi connectivity index (χ3v) is 6.63. The van der Waals surface area contributed by atoms with E-state index in [-0.39, 0.29) is 23.6 Å². The van der Waals surface area contributed by atoms with Gasteiger partial charge in [-0.25, -0.2) is 8.78 Å². The zero-order valence-electron chi connectivity index (χ0n) is 18.9. The summed E-state index contributed by atoms with van der Waals surface area (Å²) in [5.41, 5.74) is 0.394. The van der Waals surface area contributed by atoms with E-state index in [4.69, 9.17) is 4.74 Å². The summed E-state index contributed by atoms with van der Waals surface area (Å²) in [5.74, 6) is -1.55. The number of fused-ring (bicyclic) bond motifs is 2. The van der Waals surface area contributed by atoms with Gasteiger partial charge in [0.1, 0.15) is 23.5 Å². The van der Waals surface area contributed by atoms with E-state index in [9.17, 15) is 18.4 Å². The second-order valence-electron chi connectivity index (χ2n) is 8.72. The van der Waals surface area contributed by atoms with Crippen LogP contribution in [0.2, 0.25) is 0 Å². The van der Waals surface area contributed by atoms with E-state index in [1.165, 1.54) is 6.07 Å². The summed E-state index contributed by atoms with van der Waals surface area (Å²) in [4.78, 5) is 30.1. The van der Waals surface area contributed by atoms with Crippen LogP contribution in [-0.4, -0.2) is 53.4 Å². The fourth-order valence-electron chi connectivity index (χ4n) is 4.87. The van der Waals surface area contributed by atoms with E-state index in [2.05, 4.69) is 0 Å². The molecule has 2 aliphatic rings. The lowest BCUT2D eigenvalue weighted by molar-refractivity contribution is 0.0256. The highest BCUT2D eigenvalue weighted by Crippen LogP contribution is 2.31. The first-order chi connectivity index (χ1) is 16.0. The third kappa shape index (κ3) is 5.02. The van der Waals surface area contributed by atoms with Crippen LogP contribution in [0, 0.1) is 11.6 Å². The summed E-state index contributed by atoms with van der Waals surface area (Å²) in [5, 5.41) is 0. The van der Waals surface area contributed by atoms with Crippen molar-refractivity contribution in [2.24, 2.45) is 0 Å². The van der Waals surface area contributed by atoms with Gasteiger partial charge in [0.15, 0.2) is 0 Å². The van der Waals surface area contributed by atoms with Gasteiger partial charge in [0.05, 0.1) is 17.2 Å². The van der Waals surface area contributed by atoms with Crippen LogP contribution in [0.15, 0.2) is 42.5 Å². The lowest BCUT2D eigenvalue weighted by Gasteiger charge is -2.40. The van der Waals surface area contributed by atoms with Crippen molar-refractivity contribution in [3.8, 4) is 5.75 Å². The Morgan fingerprint density at radius 1 is 1.03 bits per heavy atom. The maximum atomic E-state index is 14.5. The second kappa shape index (κ2) is 10.3. The van der Waals surface area contributed by atoms with Gasteiger partial charge in [0.25, 0.3) is 11.8 Å². The molecular formula is C26H30F2N2O3. The molecule has 0 saturated heterocycles. The predicted molar refractivity (Wildman–Crippen MR) is 121 cm³/mol. The molecule has 2 aromatic carbocycles. The maximum absolute atomic E-state index is 14.5. The normalized spacial score (nSPS) is 21.8. The number of rotatable bonds is 2. The van der Waals surface area contributed by atoms with Crippen molar-refractivity contribution in [1.82, 2.24) is 9.80 Å². The molecule has 0 bridgehead atoms. The van der Waals surface area contributed by atoms with E-state index in [0.29, 0.717) is 37.4 Å². The highest BCUT2D eigenvalue weighted by Gasteiger charge is 2.36. The first kappa shape index (κ1) is 23.2. The molecule has 5 nitrogen and oxygen atoms in total. The van der Waals surface area contributed by atoms with Crippen molar-refractivity contribution in [3.63, 3.8) is 0 Å². The number of para-hydroxylation sites is 1. The molecule has 0 N–H and O–H groups in total. The molecule has 0 spiro atoms. The van der Waals surface area contributed by atoms with Crippen LogP contribution in [0.4, 0.5) is 8.78 Å². The highest BCUT2D eigenvalue weighted by atomic mass is 19.1. The summed E-state index contributed by atoms with van der Waals surface area (Å²) >= 11 is 0. The molecule has 4 rings (SSSR count). The van der Waals surface area contributed by atoms with Crippen molar-refractivity contribution in [2.45, 2.75) is 57.6 Å². The largest absolute Gasteiger partial charge is 0.487 e. The minimum Gasteiger partial charge on any atom is -0.487 e. The van der Waals surface area contributed by atoms with Crippen LogP contribution < -0.4 is 4.74 Å². The number of nitrogens with zero attached hydrogens (tertiary/aromatic N) is 2. The Bertz CT molecular complexity index is 1010. The molecule has 1 aliphatic carbocycles. The SMILES string of the molecule is CCN1CCCCN(C(=O)c2ccc(F)cc2F)[C@@H]2CCCC[C@@H]2Oc2ccccc2C1=O. The van der Waals surface area contributed by atoms with Gasteiger partial charge in [-0.1, -0.05) is 18.6 Å². The van der Waals surface area contributed by atoms with E-state index in [0.717, 1.165) is 44.2 Å². The standard InChI is InChI=1S/C26H30F2N2O3/c1-2-29-15-7-8-16-30(26(32)19-14-13-18(27)17-21(19)28)22-10-4-6-12-24(22)33-23-11-5-3-9-20(23)25(29)31/h3,5,9,11,13-14,17,22,24H,2,4,6-8,10,12,15-16H2,1H3/t22-,24+/m1/s1. The number of carbonyl (C=O) groups is 2. The van der Waals surface area contributed by atoms with Crippen molar-refractivity contribution in [1.29, 1.82) is 0 Å². The molecule has 2 amide bonds. The van der Waals surface area contributed by atoms with Crippen molar-refractivity contribution in [2.75, 3.05) is 19.6 Å². The Labute approximate surface area is 193 Å². The zero-order chi connectivity index (χ0) is 23.4. The topological polar surface area (TPSA) is 49.9 Å². The molecule has 0 aromatic heterocycles. The molecule has 2 aromatic rings. The van der Waals surface area contributed by atoms with Crippen molar-refractivity contribution < 1.29 is 23.1 Å². The van der Waals surface area contributed by atoms with Crippen LogP contribution in [0.3, 0.4) is 0 Å². The number of hydrogen-bond donors (Lipinski definition) is 0. The minimum absolute atomic E-state index is 0.0534. The average Bonchev–Trinajstić information content (AvgIpc) is 2.81. The fourth-order valence-corrected chi connectivity index (χ4v) is 4.87. The number of hydrogen-bond acceptors (Lipinski definition) is 3. The van der Waals surface area contributed by atoms with Crippen LogP contribution in [-0.2, 0) is 0 Å². The Balaban J connectivity index is 1.71. The number of ether oxygens (including phenoxy) is 1. The Morgan fingerprint density at radius 3 is 2.58 bits per heavy atom. The van der Waals surface area contributed by atoms with E-state index >= 15 is 0 Å². The molecule has 1 fully saturated rings. The Morgan fingerprint density at radius 2 is 1.79 bits per heavy atom.